The molecule has 1 amide bonds. The van der Waals surface area contributed by atoms with Crippen molar-refractivity contribution in [3.63, 3.8) is 0 Å². The summed E-state index contributed by atoms with van der Waals surface area (Å²) in [6, 6.07) is 5.95. The first kappa shape index (κ1) is 14.4. The fourth-order valence-electron chi connectivity index (χ4n) is 2.73. The van der Waals surface area contributed by atoms with Crippen molar-refractivity contribution >= 4 is 17.5 Å². The lowest BCUT2D eigenvalue weighted by atomic mass is 9.89. The van der Waals surface area contributed by atoms with Crippen molar-refractivity contribution in [2.45, 2.75) is 44.9 Å². The molecular weight excluding hydrogens is 258 g/mol. The molecule has 0 spiro atoms. The van der Waals surface area contributed by atoms with Gasteiger partial charge < -0.3 is 5.32 Å². The minimum atomic E-state index is 0.0468. The fraction of sp³-hybridized carbons (Fsp3) is 0.562. The summed E-state index contributed by atoms with van der Waals surface area (Å²) in [7, 11) is 0. The van der Waals surface area contributed by atoms with E-state index in [-0.39, 0.29) is 5.91 Å². The highest BCUT2D eigenvalue weighted by Gasteiger charge is 2.20. The zero-order valence-corrected chi connectivity index (χ0v) is 12.5. The molecular formula is C16H22ClNO. The van der Waals surface area contributed by atoms with Crippen LogP contribution in [0.5, 0.6) is 0 Å². The molecule has 0 aliphatic heterocycles. The molecule has 1 saturated carbocycles. The van der Waals surface area contributed by atoms with Crippen molar-refractivity contribution in [1.29, 1.82) is 0 Å². The average molecular weight is 280 g/mol. The molecule has 1 aliphatic rings. The molecule has 1 aromatic carbocycles. The first-order valence-electron chi connectivity index (χ1n) is 7.06. The summed E-state index contributed by atoms with van der Waals surface area (Å²) in [5, 5.41) is 3.40. The molecule has 0 saturated heterocycles. The Morgan fingerprint density at radius 3 is 2.58 bits per heavy atom. The predicted octanol–water partition coefficient (Wildman–Crippen LogP) is 3.83. The van der Waals surface area contributed by atoms with Crippen LogP contribution in [0.3, 0.4) is 0 Å². The van der Waals surface area contributed by atoms with Gasteiger partial charge in [0.2, 0.25) is 0 Å². The molecule has 2 nitrogen and oxygen atoms in total. The van der Waals surface area contributed by atoms with Gasteiger partial charge in [0.15, 0.2) is 0 Å². The summed E-state index contributed by atoms with van der Waals surface area (Å²) < 4.78 is 0. The van der Waals surface area contributed by atoms with E-state index < -0.39 is 0 Å². The molecule has 1 N–H and O–H groups in total. The molecule has 3 heteroatoms. The molecule has 104 valence electrons. The van der Waals surface area contributed by atoms with Gasteiger partial charge in [-0.05, 0) is 57.1 Å². The Morgan fingerprint density at radius 2 is 1.95 bits per heavy atom. The van der Waals surface area contributed by atoms with Crippen molar-refractivity contribution in [3.8, 4) is 0 Å². The van der Waals surface area contributed by atoms with Crippen molar-refractivity contribution in [2.24, 2.45) is 5.92 Å². The van der Waals surface area contributed by atoms with Gasteiger partial charge in [-0.3, -0.25) is 4.79 Å². The third kappa shape index (κ3) is 3.97. The molecule has 1 fully saturated rings. The van der Waals surface area contributed by atoms with Gasteiger partial charge >= 0.3 is 0 Å². The molecule has 0 heterocycles. The van der Waals surface area contributed by atoms with Crippen LogP contribution in [0, 0.1) is 19.8 Å². The van der Waals surface area contributed by atoms with E-state index in [0.29, 0.717) is 11.3 Å². The fourth-order valence-corrected chi connectivity index (χ4v) is 2.98. The van der Waals surface area contributed by atoms with Crippen LogP contribution in [0.2, 0.25) is 0 Å². The van der Waals surface area contributed by atoms with E-state index in [2.05, 4.69) is 5.32 Å². The molecule has 0 unspecified atom stereocenters. The summed E-state index contributed by atoms with van der Waals surface area (Å²) in [6.07, 6.45) is 4.40. The number of amides is 1. The number of alkyl halides is 1. The molecule has 2 rings (SSSR count). The third-order valence-electron chi connectivity index (χ3n) is 3.95. The van der Waals surface area contributed by atoms with Crippen molar-refractivity contribution in [3.05, 3.63) is 34.9 Å². The summed E-state index contributed by atoms with van der Waals surface area (Å²) in [5.74, 6) is 0.634. The Morgan fingerprint density at radius 1 is 1.26 bits per heavy atom. The minimum absolute atomic E-state index is 0.0468. The Bertz CT molecular complexity index is 450. The number of nitrogens with one attached hydrogen (secondary N) is 1. The van der Waals surface area contributed by atoms with Gasteiger partial charge in [0.25, 0.3) is 5.91 Å². The molecule has 1 aromatic rings. The van der Waals surface area contributed by atoms with E-state index >= 15 is 0 Å². The topological polar surface area (TPSA) is 29.1 Å². The number of halogens is 1. The smallest absolute Gasteiger partial charge is 0.251 e. The Hall–Kier alpha value is -1.02. The van der Waals surface area contributed by atoms with E-state index in [1.54, 1.807) is 0 Å². The lowest BCUT2D eigenvalue weighted by Gasteiger charge is -2.25. The van der Waals surface area contributed by atoms with Crippen LogP contribution in [0.25, 0.3) is 0 Å². The molecule has 1 aliphatic carbocycles. The van der Waals surface area contributed by atoms with Gasteiger partial charge in [0.05, 0.1) is 0 Å². The van der Waals surface area contributed by atoms with Gasteiger partial charge in [-0.1, -0.05) is 17.7 Å². The third-order valence-corrected chi connectivity index (χ3v) is 4.39. The standard InChI is InChI=1S/C16H22ClNO/c1-11-3-8-15(12(2)9-11)16(19)18-10-13-4-6-14(17)7-5-13/h3,8-9,13-14H,4-7,10H2,1-2H3,(H,18,19). The summed E-state index contributed by atoms with van der Waals surface area (Å²) >= 11 is 6.09. The van der Waals surface area contributed by atoms with E-state index in [1.165, 1.54) is 5.56 Å². The Balaban J connectivity index is 1.87. The summed E-state index contributed by atoms with van der Waals surface area (Å²) in [4.78, 5) is 12.1. The number of aryl methyl sites for hydroxylation is 2. The highest BCUT2D eigenvalue weighted by molar-refractivity contribution is 6.20. The maximum atomic E-state index is 12.1. The zero-order valence-electron chi connectivity index (χ0n) is 11.7. The van der Waals surface area contributed by atoms with Crippen LogP contribution < -0.4 is 5.32 Å². The first-order chi connectivity index (χ1) is 9.06. The predicted molar refractivity (Wildman–Crippen MR) is 79.8 cm³/mol. The zero-order chi connectivity index (χ0) is 13.8. The maximum Gasteiger partial charge on any atom is 0.251 e. The van der Waals surface area contributed by atoms with Crippen LogP contribution in [0.1, 0.15) is 47.2 Å². The lowest BCUT2D eigenvalue weighted by molar-refractivity contribution is 0.0943. The van der Waals surface area contributed by atoms with Gasteiger partial charge in [-0.25, -0.2) is 0 Å². The van der Waals surface area contributed by atoms with Crippen LogP contribution >= 0.6 is 11.6 Å². The van der Waals surface area contributed by atoms with Gasteiger partial charge in [-0.15, -0.1) is 11.6 Å². The highest BCUT2D eigenvalue weighted by atomic mass is 35.5. The van der Waals surface area contributed by atoms with E-state index in [1.807, 2.05) is 32.0 Å². The number of carbonyl (C=O) groups excluding carboxylic acids is 1. The number of benzene rings is 1. The summed E-state index contributed by atoms with van der Waals surface area (Å²) in [6.45, 7) is 4.80. The normalized spacial score (nSPS) is 23.1. The van der Waals surface area contributed by atoms with Crippen molar-refractivity contribution in [2.75, 3.05) is 6.54 Å². The second-order valence-electron chi connectivity index (χ2n) is 5.65. The quantitative estimate of drug-likeness (QED) is 0.837. The molecule has 0 bridgehead atoms. The van der Waals surface area contributed by atoms with Gasteiger partial charge in [0.1, 0.15) is 0 Å². The SMILES string of the molecule is Cc1ccc(C(=O)NCC2CCC(Cl)CC2)c(C)c1. The number of rotatable bonds is 3. The molecule has 0 atom stereocenters. The van der Waals surface area contributed by atoms with E-state index in [9.17, 15) is 4.79 Å². The number of hydrogen-bond acceptors (Lipinski definition) is 1. The Kier molecular flexibility index (Phi) is 4.87. The monoisotopic (exact) mass is 279 g/mol. The lowest BCUT2D eigenvalue weighted by Crippen LogP contribution is -2.31. The molecule has 0 aromatic heterocycles. The largest absolute Gasteiger partial charge is 0.352 e. The van der Waals surface area contributed by atoms with Crippen LogP contribution in [-0.4, -0.2) is 17.8 Å². The number of hydrogen-bond donors (Lipinski definition) is 1. The minimum Gasteiger partial charge on any atom is -0.352 e. The molecule has 0 radical (unpaired) electrons. The van der Waals surface area contributed by atoms with Crippen LogP contribution in [-0.2, 0) is 0 Å². The van der Waals surface area contributed by atoms with E-state index in [4.69, 9.17) is 11.6 Å². The second-order valence-corrected chi connectivity index (χ2v) is 6.26. The highest BCUT2D eigenvalue weighted by Crippen LogP contribution is 2.27. The summed E-state index contributed by atoms with van der Waals surface area (Å²) in [5.41, 5.74) is 3.02. The molecule has 19 heavy (non-hydrogen) atoms. The van der Waals surface area contributed by atoms with Gasteiger partial charge in [0, 0.05) is 17.5 Å². The van der Waals surface area contributed by atoms with E-state index in [0.717, 1.165) is 43.4 Å². The van der Waals surface area contributed by atoms with Crippen molar-refractivity contribution in [1.82, 2.24) is 5.32 Å². The van der Waals surface area contributed by atoms with Crippen LogP contribution in [0.15, 0.2) is 18.2 Å². The average Bonchev–Trinajstić information content (AvgIpc) is 2.37. The maximum absolute atomic E-state index is 12.1. The Labute approximate surface area is 120 Å². The van der Waals surface area contributed by atoms with Crippen LogP contribution in [0.4, 0.5) is 0 Å². The second kappa shape index (κ2) is 6.42. The first-order valence-corrected chi connectivity index (χ1v) is 7.49. The van der Waals surface area contributed by atoms with Gasteiger partial charge in [-0.2, -0.15) is 0 Å². The van der Waals surface area contributed by atoms with Crippen molar-refractivity contribution < 1.29 is 4.79 Å². The number of carbonyl (C=O) groups is 1.